The van der Waals surface area contributed by atoms with Gasteiger partial charge in [0, 0.05) is 0 Å². The van der Waals surface area contributed by atoms with Gasteiger partial charge in [0.2, 0.25) is 0 Å². The Bertz CT molecular complexity index is 1860. The predicted molar refractivity (Wildman–Crippen MR) is 262 cm³/mol. The molecule has 6 aromatic carbocycles. The molecule has 0 spiro atoms. The summed E-state index contributed by atoms with van der Waals surface area (Å²) < 4.78 is 16.6. The molecule has 7 heteroatoms. The summed E-state index contributed by atoms with van der Waals surface area (Å²) in [5.41, 5.74) is 18.5. The van der Waals surface area contributed by atoms with Gasteiger partial charge in [0.25, 0.3) is 0 Å². The molecule has 0 aliphatic rings. The Balaban J connectivity index is 0.000000354. The van der Waals surface area contributed by atoms with Crippen LogP contribution in [-0.4, -0.2) is 57.9 Å². The zero-order chi connectivity index (χ0) is 43.1. The number of nitrogens with zero attached hydrogens (tertiary/aromatic N) is 4. The molecule has 0 atom stereocenters. The van der Waals surface area contributed by atoms with E-state index in [1.807, 2.05) is 0 Å². The number of rotatable bonds is 8. The van der Waals surface area contributed by atoms with Crippen molar-refractivity contribution in [3.63, 3.8) is 0 Å². The van der Waals surface area contributed by atoms with Crippen LogP contribution < -0.4 is 17.4 Å². The van der Waals surface area contributed by atoms with Crippen molar-refractivity contribution >= 4 is 58.5 Å². The maximum atomic E-state index is 5.35. The first-order chi connectivity index (χ1) is 27.6. The van der Waals surface area contributed by atoms with Gasteiger partial charge in [-0.25, -0.2) is 0 Å². The van der Waals surface area contributed by atoms with E-state index in [0.29, 0.717) is 0 Å². The minimum Gasteiger partial charge on any atom is 4.00 e. The fourth-order valence-corrected chi connectivity index (χ4v) is 17.7. The Kier molecular flexibility index (Phi) is 22.5. The number of hydrogen-bond acceptors (Lipinski definition) is 0. The van der Waals surface area contributed by atoms with Gasteiger partial charge in [-0.05, 0) is 0 Å². The van der Waals surface area contributed by atoms with Gasteiger partial charge < -0.3 is 10.6 Å². The van der Waals surface area contributed by atoms with Gasteiger partial charge in [-0.3, -0.25) is 0 Å². The fourth-order valence-electron chi connectivity index (χ4n) is 7.67. The van der Waals surface area contributed by atoms with Crippen molar-refractivity contribution in [3.8, 4) is 0 Å². The minimum atomic E-state index is -1.84. The summed E-state index contributed by atoms with van der Waals surface area (Å²) in [7, 11) is 7.00. The van der Waals surface area contributed by atoms with Crippen LogP contribution in [0, 0.1) is 83.1 Å². The summed E-state index contributed by atoms with van der Waals surface area (Å²) in [6.07, 6.45) is 0. The Morgan fingerprint density at radius 2 is 0.475 bits per heavy atom. The summed E-state index contributed by atoms with van der Waals surface area (Å²) in [4.78, 5) is 0. The van der Waals surface area contributed by atoms with Gasteiger partial charge >= 0.3 is 352 Å². The van der Waals surface area contributed by atoms with Crippen molar-refractivity contribution in [2.24, 2.45) is 0 Å². The Morgan fingerprint density at radius 3 is 0.644 bits per heavy atom. The zero-order valence-corrected chi connectivity index (χ0v) is 45.9. The van der Waals surface area contributed by atoms with Crippen molar-refractivity contribution in [2.75, 3.05) is 28.2 Å². The monoisotopic (exact) mass is 1080 g/mol. The van der Waals surface area contributed by atoms with Crippen molar-refractivity contribution in [2.45, 2.75) is 83.1 Å². The standard InChI is InChI=1S/2C24H27AsN.2C2H6N.Hf/c2*1-16-12-18(3)23(19(4)13-16)25(26-22-10-8-7-9-11-22)24-20(5)14-17(2)15-21(24)6;2*1-3-2;/h2*7-15H,1-6H3;2*1-2H3;/q4*-1;+4. The first-order valence-electron chi connectivity index (χ1n) is 20.0. The van der Waals surface area contributed by atoms with Gasteiger partial charge in [0.15, 0.2) is 0 Å². The predicted octanol–water partition coefficient (Wildman–Crippen LogP) is 11.9. The average molecular weight is 1080 g/mol. The van der Waals surface area contributed by atoms with Crippen molar-refractivity contribution in [1.29, 1.82) is 0 Å². The summed E-state index contributed by atoms with van der Waals surface area (Å²) in [5, 5.41) is 7.00. The van der Waals surface area contributed by atoms with Crippen LogP contribution in [0.3, 0.4) is 0 Å². The van der Waals surface area contributed by atoms with Crippen molar-refractivity contribution < 1.29 is 25.8 Å². The van der Waals surface area contributed by atoms with E-state index in [1.165, 1.54) is 84.2 Å². The molecule has 0 amide bonds. The van der Waals surface area contributed by atoms with E-state index in [9.17, 15) is 0 Å². The molecule has 59 heavy (non-hydrogen) atoms. The second-order valence-electron chi connectivity index (χ2n) is 15.4. The molecule has 0 N–H and O–H groups in total. The van der Waals surface area contributed by atoms with Crippen LogP contribution in [0.5, 0.6) is 0 Å². The number of hydrogen-bond donors (Lipinski definition) is 0. The van der Waals surface area contributed by atoms with E-state index in [-0.39, 0.29) is 25.8 Å². The molecule has 0 aliphatic carbocycles. The normalized spacial score (nSPS) is 10.3. The summed E-state index contributed by atoms with van der Waals surface area (Å²) >= 11 is -3.68. The van der Waals surface area contributed by atoms with E-state index < -0.39 is 29.8 Å². The molecule has 0 saturated carbocycles. The van der Waals surface area contributed by atoms with Crippen LogP contribution in [0.2, 0.25) is 0 Å². The van der Waals surface area contributed by atoms with Gasteiger partial charge in [0.05, 0.1) is 0 Å². The Hall–Kier alpha value is -3.17. The maximum Gasteiger partial charge on any atom is 4.00 e. The van der Waals surface area contributed by atoms with Crippen molar-refractivity contribution in [3.05, 3.63) is 195 Å². The second-order valence-corrected chi connectivity index (χ2v) is 22.6. The molecule has 6 rings (SSSR count). The van der Waals surface area contributed by atoms with Crippen LogP contribution in [0.1, 0.15) is 66.8 Å². The summed E-state index contributed by atoms with van der Waals surface area (Å²) in [6, 6.07) is 39.4. The van der Waals surface area contributed by atoms with E-state index in [0.717, 1.165) is 11.4 Å². The third kappa shape index (κ3) is 15.1. The number of aryl methyl sites for hydroxylation is 12. The van der Waals surface area contributed by atoms with Crippen LogP contribution in [0.15, 0.2) is 109 Å². The Morgan fingerprint density at radius 1 is 0.305 bits per heavy atom. The molecular weight excluding hydrogens is 1010 g/mol. The molecule has 0 heterocycles. The summed E-state index contributed by atoms with van der Waals surface area (Å²) in [5.74, 6) is 0. The number of benzene rings is 6. The minimum absolute atomic E-state index is 0. The van der Waals surface area contributed by atoms with Crippen LogP contribution in [0.25, 0.3) is 19.1 Å². The van der Waals surface area contributed by atoms with E-state index in [4.69, 9.17) is 8.47 Å². The third-order valence-corrected chi connectivity index (χ3v) is 20.6. The molecule has 0 aliphatic heterocycles. The molecule has 0 aromatic heterocycles. The van der Waals surface area contributed by atoms with Crippen LogP contribution >= 0.6 is 0 Å². The molecule has 0 unspecified atom stereocenters. The maximum absolute atomic E-state index is 5.35. The van der Waals surface area contributed by atoms with E-state index >= 15 is 0 Å². The molecule has 0 bridgehead atoms. The molecular formula is C52H66As2HfN4. The van der Waals surface area contributed by atoms with Crippen LogP contribution in [0.4, 0.5) is 11.4 Å². The molecule has 0 saturated heterocycles. The second kappa shape index (κ2) is 25.6. The smallest absolute Gasteiger partial charge is 4.00 e. The largest absolute Gasteiger partial charge is 4.00 e. The molecule has 0 radical (unpaired) electrons. The first kappa shape index (κ1) is 52.0. The molecule has 308 valence electrons. The topological polar surface area (TPSA) is 56.4 Å². The zero-order valence-electron chi connectivity index (χ0n) is 38.6. The average Bonchev–Trinajstić information content (AvgIpc) is 3.12. The quantitative estimate of drug-likeness (QED) is 0.136. The SMILES string of the molecule is C[N-]C.C[N-]C.Cc1cc(C)c([As]([N-]c2ccccc2)c2c(C)cc(C)cc2C)c(C)c1.Cc1cc(C)c([As]([N-]c2ccccc2)c2c(C)cc(C)cc2C)c(C)c1.[Hf+4]. The molecule has 0 fully saturated rings. The van der Waals surface area contributed by atoms with E-state index in [2.05, 4.69) is 203 Å². The Labute approximate surface area is 387 Å². The molecule has 6 aromatic rings. The van der Waals surface area contributed by atoms with Gasteiger partial charge in [-0.15, -0.1) is 0 Å². The van der Waals surface area contributed by atoms with Crippen molar-refractivity contribution in [1.82, 2.24) is 0 Å². The third-order valence-electron chi connectivity index (χ3n) is 9.33. The van der Waals surface area contributed by atoms with Crippen LogP contribution in [-0.2, 0) is 25.8 Å². The van der Waals surface area contributed by atoms with Gasteiger partial charge in [-0.1, -0.05) is 0 Å². The van der Waals surface area contributed by atoms with Gasteiger partial charge in [-0.2, -0.15) is 28.2 Å². The van der Waals surface area contributed by atoms with E-state index in [1.54, 1.807) is 28.2 Å². The molecule has 4 nitrogen and oxygen atoms in total. The van der Waals surface area contributed by atoms with Gasteiger partial charge in [0.1, 0.15) is 0 Å². The fraction of sp³-hybridized carbons (Fsp3) is 0.308. The summed E-state index contributed by atoms with van der Waals surface area (Å²) in [6.45, 7) is 26.7. The first-order valence-corrected chi connectivity index (χ1v) is 25.4.